The maximum atomic E-state index is 10.8. The summed E-state index contributed by atoms with van der Waals surface area (Å²) in [5.41, 5.74) is 9.76. The zero-order valence-electron chi connectivity index (χ0n) is 24.1. The summed E-state index contributed by atoms with van der Waals surface area (Å²) in [6.45, 7) is 12.3. The summed E-state index contributed by atoms with van der Waals surface area (Å²) in [5.74, 6) is 1.56. The molecule has 37 heavy (non-hydrogen) atoms. The Bertz CT molecular complexity index is 982. The molecule has 0 saturated heterocycles. The van der Waals surface area contributed by atoms with Crippen molar-refractivity contribution < 1.29 is 19.0 Å². The highest BCUT2D eigenvalue weighted by Crippen LogP contribution is 2.33. The number of benzene rings is 3. The van der Waals surface area contributed by atoms with E-state index in [1.807, 2.05) is 51.2 Å². The summed E-state index contributed by atoms with van der Waals surface area (Å²) in [6.07, 6.45) is 1.25. The van der Waals surface area contributed by atoms with Gasteiger partial charge in [-0.05, 0) is 50.7 Å². The summed E-state index contributed by atoms with van der Waals surface area (Å²) < 4.78 is 16.0. The summed E-state index contributed by atoms with van der Waals surface area (Å²) in [5, 5.41) is 3.28. The van der Waals surface area contributed by atoms with Crippen LogP contribution in [0.5, 0.6) is 17.2 Å². The number of hydrogen-bond donors (Lipinski definition) is 2. The van der Waals surface area contributed by atoms with Crippen molar-refractivity contribution >= 4 is 5.91 Å². The minimum absolute atomic E-state index is 0.0592. The summed E-state index contributed by atoms with van der Waals surface area (Å²) in [4.78, 5) is 10.8. The quantitative estimate of drug-likeness (QED) is 0.356. The van der Waals surface area contributed by atoms with Crippen LogP contribution in [0.15, 0.2) is 66.7 Å². The first-order valence-electron chi connectivity index (χ1n) is 12.7. The fourth-order valence-corrected chi connectivity index (χ4v) is 3.11. The highest BCUT2D eigenvalue weighted by Gasteiger charge is 2.17. The number of carbonyl (C=O) groups is 1. The molecule has 0 aliphatic carbocycles. The van der Waals surface area contributed by atoms with E-state index in [2.05, 4.69) is 57.3 Å². The number of hydrogen-bond acceptors (Lipinski definition) is 5. The molecule has 204 valence electrons. The summed E-state index contributed by atoms with van der Waals surface area (Å²) in [6, 6.07) is 21.6. The second-order valence-corrected chi connectivity index (χ2v) is 8.02. The number of amides is 1. The van der Waals surface area contributed by atoms with Crippen molar-refractivity contribution in [2.24, 2.45) is 5.73 Å². The van der Waals surface area contributed by atoms with Crippen molar-refractivity contribution in [2.75, 3.05) is 27.9 Å². The van der Waals surface area contributed by atoms with Crippen molar-refractivity contribution in [3.8, 4) is 17.2 Å². The number of rotatable bonds is 8. The van der Waals surface area contributed by atoms with Crippen molar-refractivity contribution in [1.29, 1.82) is 0 Å². The van der Waals surface area contributed by atoms with Crippen molar-refractivity contribution in [2.45, 2.75) is 54.0 Å². The smallest absolute Gasteiger partial charge is 0.255 e. The maximum Gasteiger partial charge on any atom is 0.255 e. The highest BCUT2D eigenvalue weighted by atomic mass is 16.5. The zero-order chi connectivity index (χ0) is 28.2. The van der Waals surface area contributed by atoms with Gasteiger partial charge in [-0.15, -0.1) is 0 Å². The van der Waals surface area contributed by atoms with Gasteiger partial charge < -0.3 is 25.3 Å². The van der Waals surface area contributed by atoms with Crippen molar-refractivity contribution in [3.63, 3.8) is 0 Å². The Morgan fingerprint density at radius 2 is 1.32 bits per heavy atom. The fraction of sp³-hybridized carbons (Fsp3) is 0.387. The number of primary amides is 1. The van der Waals surface area contributed by atoms with Gasteiger partial charge in [-0.2, -0.15) is 0 Å². The molecule has 6 heteroatoms. The van der Waals surface area contributed by atoms with Crippen LogP contribution in [0.25, 0.3) is 0 Å². The Balaban J connectivity index is 0.000000823. The molecule has 1 amide bonds. The Morgan fingerprint density at radius 3 is 1.73 bits per heavy atom. The molecule has 1 atom stereocenters. The SMILES string of the molecule is CC.CCC.CNC(c1ccc(OCC(N)=O)cc1)c1ccc(OC)cc1OC.Cc1ccc(C)cc1. The lowest BCUT2D eigenvalue weighted by atomic mass is 9.97. The zero-order valence-corrected chi connectivity index (χ0v) is 24.1. The lowest BCUT2D eigenvalue weighted by Crippen LogP contribution is -2.20. The summed E-state index contributed by atoms with van der Waals surface area (Å²) >= 11 is 0. The van der Waals surface area contributed by atoms with Gasteiger partial charge >= 0.3 is 0 Å². The second kappa shape index (κ2) is 19.7. The van der Waals surface area contributed by atoms with Crippen LogP contribution >= 0.6 is 0 Å². The van der Waals surface area contributed by atoms with Crippen LogP contribution in [0.1, 0.15) is 62.4 Å². The minimum Gasteiger partial charge on any atom is -0.497 e. The molecule has 3 aromatic carbocycles. The molecule has 0 heterocycles. The third-order valence-electron chi connectivity index (χ3n) is 4.85. The molecule has 0 aliphatic heterocycles. The Hall–Kier alpha value is -3.51. The van der Waals surface area contributed by atoms with Gasteiger partial charge in [0.1, 0.15) is 17.2 Å². The largest absolute Gasteiger partial charge is 0.497 e. The lowest BCUT2D eigenvalue weighted by molar-refractivity contribution is -0.119. The maximum absolute atomic E-state index is 10.8. The number of nitrogens with one attached hydrogen (secondary N) is 1. The first-order chi connectivity index (χ1) is 17.8. The minimum atomic E-state index is -0.504. The normalized spacial score (nSPS) is 10.2. The molecule has 1 unspecified atom stereocenters. The molecule has 0 aliphatic rings. The average molecular weight is 511 g/mol. The van der Waals surface area contributed by atoms with Gasteiger partial charge in [-0.25, -0.2) is 0 Å². The van der Waals surface area contributed by atoms with Crippen molar-refractivity contribution in [3.05, 3.63) is 89.0 Å². The number of nitrogens with two attached hydrogens (primary N) is 1. The Morgan fingerprint density at radius 1 is 0.838 bits per heavy atom. The molecular formula is C31H46N2O4. The Kier molecular flexibility index (Phi) is 17.8. The number of methoxy groups -OCH3 is 2. The number of carbonyl (C=O) groups excluding carboxylic acids is 1. The number of ether oxygens (including phenoxy) is 3. The van der Waals surface area contributed by atoms with Crippen LogP contribution < -0.4 is 25.3 Å². The molecule has 0 radical (unpaired) electrons. The van der Waals surface area contributed by atoms with Gasteiger partial charge in [-0.3, -0.25) is 4.79 Å². The average Bonchev–Trinajstić information content (AvgIpc) is 2.92. The Labute approximate surface area is 224 Å². The predicted octanol–water partition coefficient (Wildman–Crippen LogP) is 6.62. The fourth-order valence-electron chi connectivity index (χ4n) is 3.11. The first kappa shape index (κ1) is 33.5. The van der Waals surface area contributed by atoms with Gasteiger partial charge in [0.05, 0.1) is 20.3 Å². The van der Waals surface area contributed by atoms with E-state index in [1.165, 1.54) is 17.5 Å². The van der Waals surface area contributed by atoms with E-state index in [1.54, 1.807) is 26.4 Å². The topological polar surface area (TPSA) is 82.8 Å². The van der Waals surface area contributed by atoms with Crippen LogP contribution in [-0.4, -0.2) is 33.8 Å². The summed E-state index contributed by atoms with van der Waals surface area (Å²) in [7, 11) is 5.13. The van der Waals surface area contributed by atoms with Crippen LogP contribution in [0.3, 0.4) is 0 Å². The third kappa shape index (κ3) is 12.8. The van der Waals surface area contributed by atoms with E-state index in [-0.39, 0.29) is 12.6 Å². The van der Waals surface area contributed by atoms with Crippen LogP contribution in [-0.2, 0) is 4.79 Å². The lowest BCUT2D eigenvalue weighted by Gasteiger charge is -2.20. The van der Waals surface area contributed by atoms with E-state index in [9.17, 15) is 4.79 Å². The van der Waals surface area contributed by atoms with Crippen molar-refractivity contribution in [1.82, 2.24) is 5.32 Å². The van der Waals surface area contributed by atoms with Crippen LogP contribution in [0.2, 0.25) is 0 Å². The molecule has 0 fully saturated rings. The monoisotopic (exact) mass is 510 g/mol. The van der Waals surface area contributed by atoms with Crippen LogP contribution in [0.4, 0.5) is 0 Å². The van der Waals surface area contributed by atoms with Gasteiger partial charge in [-0.1, -0.05) is 81.6 Å². The van der Waals surface area contributed by atoms with E-state index in [0.717, 1.165) is 22.6 Å². The molecule has 0 aromatic heterocycles. The molecule has 6 nitrogen and oxygen atoms in total. The number of aryl methyl sites for hydroxylation is 2. The molecule has 3 aromatic rings. The second-order valence-electron chi connectivity index (χ2n) is 8.02. The molecule has 0 bridgehead atoms. The first-order valence-corrected chi connectivity index (χ1v) is 12.7. The molecular weight excluding hydrogens is 464 g/mol. The van der Waals surface area contributed by atoms with E-state index < -0.39 is 5.91 Å². The third-order valence-corrected chi connectivity index (χ3v) is 4.85. The van der Waals surface area contributed by atoms with E-state index in [4.69, 9.17) is 19.9 Å². The van der Waals surface area contributed by atoms with Gasteiger partial charge in [0, 0.05) is 11.6 Å². The highest BCUT2D eigenvalue weighted by molar-refractivity contribution is 5.75. The molecule has 0 saturated carbocycles. The molecule has 3 rings (SSSR count). The van der Waals surface area contributed by atoms with Gasteiger partial charge in [0.25, 0.3) is 5.91 Å². The van der Waals surface area contributed by atoms with Gasteiger partial charge in [0.15, 0.2) is 6.61 Å². The van der Waals surface area contributed by atoms with Gasteiger partial charge in [0.2, 0.25) is 0 Å². The molecule has 0 spiro atoms. The standard InChI is InChI=1S/C18H22N2O4.C8H10.C3H8.C2H6/c1-20-18(15-9-8-14(22-2)10-16(15)23-3)12-4-6-13(7-5-12)24-11-17(19)21;1-7-3-5-8(2)6-4-7;1-3-2;1-2/h4-10,18,20H,11H2,1-3H3,(H2,19,21);3-6H,1-2H3;3H2,1-2H3;1-2H3. The predicted molar refractivity (Wildman–Crippen MR) is 155 cm³/mol. The van der Waals surface area contributed by atoms with E-state index >= 15 is 0 Å². The molecule has 3 N–H and O–H groups in total. The van der Waals surface area contributed by atoms with Crippen LogP contribution in [0, 0.1) is 13.8 Å². The van der Waals surface area contributed by atoms with E-state index in [0.29, 0.717) is 5.75 Å².